The minimum absolute atomic E-state index is 0.598. The molecule has 1 aromatic rings. The maximum absolute atomic E-state index is 5.49. The minimum atomic E-state index is 0.598. The summed E-state index contributed by atoms with van der Waals surface area (Å²) in [4.78, 5) is 7.22. The van der Waals surface area contributed by atoms with Gasteiger partial charge in [0.2, 0.25) is 0 Å². The van der Waals surface area contributed by atoms with Gasteiger partial charge in [0, 0.05) is 17.6 Å². The van der Waals surface area contributed by atoms with Crippen LogP contribution in [0.2, 0.25) is 0 Å². The number of hydrogen-bond acceptors (Lipinski definition) is 3. The molecule has 1 unspecified atom stereocenters. The van der Waals surface area contributed by atoms with Crippen LogP contribution in [0.15, 0.2) is 17.6 Å². The van der Waals surface area contributed by atoms with Crippen molar-refractivity contribution in [3.63, 3.8) is 0 Å². The Morgan fingerprint density at radius 1 is 1.75 bits per heavy atom. The molecule has 1 heterocycles. The predicted molar refractivity (Wildman–Crippen MR) is 52.2 cm³/mol. The highest BCUT2D eigenvalue weighted by molar-refractivity contribution is 7.99. The Morgan fingerprint density at radius 3 is 3.08 bits per heavy atom. The average molecular weight is 185 g/mol. The number of aromatic amines is 1. The van der Waals surface area contributed by atoms with Crippen LogP contribution >= 0.6 is 11.8 Å². The molecule has 3 nitrogen and oxygen atoms in total. The molecule has 0 saturated heterocycles. The van der Waals surface area contributed by atoms with Gasteiger partial charge in [-0.3, -0.25) is 0 Å². The molecule has 12 heavy (non-hydrogen) atoms. The van der Waals surface area contributed by atoms with Crippen molar-refractivity contribution in [3.05, 3.63) is 12.4 Å². The molecule has 3 N–H and O–H groups in total. The SMILES string of the molecule is CCC(CCN)Sc1ncc[nH]1. The normalized spacial score (nSPS) is 13.2. The quantitative estimate of drug-likeness (QED) is 0.685. The van der Waals surface area contributed by atoms with E-state index in [1.54, 1.807) is 18.0 Å². The van der Waals surface area contributed by atoms with Gasteiger partial charge in [-0.15, -0.1) is 0 Å². The van der Waals surface area contributed by atoms with E-state index in [0.717, 1.165) is 24.5 Å². The number of nitrogens with two attached hydrogens (primary N) is 1. The largest absolute Gasteiger partial charge is 0.340 e. The van der Waals surface area contributed by atoms with Gasteiger partial charge in [-0.25, -0.2) is 4.98 Å². The van der Waals surface area contributed by atoms with Crippen LogP contribution in [0.1, 0.15) is 19.8 Å². The second-order valence-electron chi connectivity index (χ2n) is 2.62. The zero-order valence-corrected chi connectivity index (χ0v) is 8.10. The summed E-state index contributed by atoms with van der Waals surface area (Å²) in [5.74, 6) is 0. The molecule has 0 fully saturated rings. The molecule has 0 aliphatic heterocycles. The fourth-order valence-electron chi connectivity index (χ4n) is 1.01. The van der Waals surface area contributed by atoms with Crippen molar-refractivity contribution in [1.82, 2.24) is 9.97 Å². The van der Waals surface area contributed by atoms with E-state index in [9.17, 15) is 0 Å². The van der Waals surface area contributed by atoms with Gasteiger partial charge in [-0.2, -0.15) is 0 Å². The molecule has 68 valence electrons. The van der Waals surface area contributed by atoms with E-state index >= 15 is 0 Å². The maximum Gasteiger partial charge on any atom is 0.165 e. The summed E-state index contributed by atoms with van der Waals surface area (Å²) in [5, 5.41) is 1.59. The molecule has 0 amide bonds. The lowest BCUT2D eigenvalue weighted by molar-refractivity contribution is 0.742. The molecule has 0 aliphatic rings. The second kappa shape index (κ2) is 5.22. The summed E-state index contributed by atoms with van der Waals surface area (Å²) in [6, 6.07) is 0. The number of nitrogens with one attached hydrogen (secondary N) is 1. The predicted octanol–water partition coefficient (Wildman–Crippen LogP) is 1.63. The third-order valence-electron chi connectivity index (χ3n) is 1.70. The van der Waals surface area contributed by atoms with Crippen molar-refractivity contribution >= 4 is 11.8 Å². The summed E-state index contributed by atoms with van der Waals surface area (Å²) in [7, 11) is 0. The zero-order valence-electron chi connectivity index (χ0n) is 7.29. The van der Waals surface area contributed by atoms with Crippen LogP contribution in [0.5, 0.6) is 0 Å². The van der Waals surface area contributed by atoms with E-state index in [4.69, 9.17) is 5.73 Å². The van der Waals surface area contributed by atoms with Crippen molar-refractivity contribution in [2.45, 2.75) is 30.2 Å². The fraction of sp³-hybridized carbons (Fsp3) is 0.625. The number of imidazole rings is 1. The van der Waals surface area contributed by atoms with Gasteiger partial charge in [-0.05, 0) is 19.4 Å². The highest BCUT2D eigenvalue weighted by Crippen LogP contribution is 2.23. The molecule has 1 atom stereocenters. The second-order valence-corrected chi connectivity index (χ2v) is 3.91. The summed E-state index contributed by atoms with van der Waals surface area (Å²) in [6.07, 6.45) is 5.82. The first kappa shape index (κ1) is 9.61. The monoisotopic (exact) mass is 185 g/mol. The van der Waals surface area contributed by atoms with Crippen LogP contribution in [0, 0.1) is 0 Å². The van der Waals surface area contributed by atoms with Gasteiger partial charge in [-0.1, -0.05) is 18.7 Å². The maximum atomic E-state index is 5.49. The number of aromatic nitrogens is 2. The molecule has 0 spiro atoms. The lowest BCUT2D eigenvalue weighted by Crippen LogP contribution is -2.09. The summed E-state index contributed by atoms with van der Waals surface area (Å²) >= 11 is 1.77. The van der Waals surface area contributed by atoms with Gasteiger partial charge in [0.1, 0.15) is 0 Å². The number of thioether (sulfide) groups is 1. The number of hydrogen-bond donors (Lipinski definition) is 2. The molecule has 1 rings (SSSR count). The van der Waals surface area contributed by atoms with Crippen LogP contribution in [-0.2, 0) is 0 Å². The van der Waals surface area contributed by atoms with E-state index in [0.29, 0.717) is 5.25 Å². The van der Waals surface area contributed by atoms with E-state index < -0.39 is 0 Å². The van der Waals surface area contributed by atoms with Gasteiger partial charge < -0.3 is 10.7 Å². The molecule has 1 aromatic heterocycles. The molecule has 0 saturated carbocycles. The third kappa shape index (κ3) is 2.87. The van der Waals surface area contributed by atoms with Gasteiger partial charge >= 0.3 is 0 Å². The Kier molecular flexibility index (Phi) is 4.18. The van der Waals surface area contributed by atoms with E-state index in [1.807, 2.05) is 6.20 Å². The smallest absolute Gasteiger partial charge is 0.165 e. The first-order valence-electron chi connectivity index (χ1n) is 4.23. The Morgan fingerprint density at radius 2 is 2.58 bits per heavy atom. The van der Waals surface area contributed by atoms with Gasteiger partial charge in [0.05, 0.1) is 0 Å². The van der Waals surface area contributed by atoms with Gasteiger partial charge in [0.15, 0.2) is 5.16 Å². The number of H-pyrrole nitrogens is 1. The first-order chi connectivity index (χ1) is 5.86. The summed E-state index contributed by atoms with van der Waals surface area (Å²) < 4.78 is 0. The van der Waals surface area contributed by atoms with Crippen molar-refractivity contribution in [2.24, 2.45) is 5.73 Å². The van der Waals surface area contributed by atoms with Crippen LogP contribution < -0.4 is 5.73 Å². The van der Waals surface area contributed by atoms with Crippen molar-refractivity contribution < 1.29 is 0 Å². The molecule has 0 radical (unpaired) electrons. The van der Waals surface area contributed by atoms with E-state index in [-0.39, 0.29) is 0 Å². The third-order valence-corrected chi connectivity index (χ3v) is 3.04. The molecular formula is C8H15N3S. The Hall–Kier alpha value is -0.480. The first-order valence-corrected chi connectivity index (χ1v) is 5.11. The molecule has 0 aromatic carbocycles. The zero-order chi connectivity index (χ0) is 8.81. The van der Waals surface area contributed by atoms with Crippen LogP contribution in [0.4, 0.5) is 0 Å². The fourth-order valence-corrected chi connectivity index (χ4v) is 2.00. The summed E-state index contributed by atoms with van der Waals surface area (Å²) in [6.45, 7) is 2.93. The van der Waals surface area contributed by atoms with Crippen LogP contribution in [0.25, 0.3) is 0 Å². The lowest BCUT2D eigenvalue weighted by Gasteiger charge is -2.10. The Bertz CT molecular complexity index is 198. The number of nitrogens with zero attached hydrogens (tertiary/aromatic N) is 1. The minimum Gasteiger partial charge on any atom is -0.340 e. The van der Waals surface area contributed by atoms with Crippen molar-refractivity contribution in [3.8, 4) is 0 Å². The molecule has 4 heteroatoms. The van der Waals surface area contributed by atoms with Crippen molar-refractivity contribution in [1.29, 1.82) is 0 Å². The van der Waals surface area contributed by atoms with E-state index in [2.05, 4.69) is 16.9 Å². The highest BCUT2D eigenvalue weighted by atomic mass is 32.2. The number of rotatable bonds is 5. The summed E-state index contributed by atoms with van der Waals surface area (Å²) in [5.41, 5.74) is 5.49. The highest BCUT2D eigenvalue weighted by Gasteiger charge is 2.07. The topological polar surface area (TPSA) is 54.7 Å². The average Bonchev–Trinajstić information content (AvgIpc) is 2.56. The van der Waals surface area contributed by atoms with Crippen LogP contribution in [-0.4, -0.2) is 21.8 Å². The Labute approximate surface area is 77.1 Å². The molecule has 0 bridgehead atoms. The van der Waals surface area contributed by atoms with E-state index in [1.165, 1.54) is 0 Å². The van der Waals surface area contributed by atoms with Gasteiger partial charge in [0.25, 0.3) is 0 Å². The lowest BCUT2D eigenvalue weighted by atomic mass is 10.2. The standard InChI is InChI=1S/C8H15N3S/c1-2-7(3-4-9)12-8-10-5-6-11-8/h5-7H,2-4,9H2,1H3,(H,10,11). The Balaban J connectivity index is 2.37. The van der Waals surface area contributed by atoms with Crippen molar-refractivity contribution in [2.75, 3.05) is 6.54 Å². The van der Waals surface area contributed by atoms with Crippen LogP contribution in [0.3, 0.4) is 0 Å². The molecule has 0 aliphatic carbocycles. The molecular weight excluding hydrogens is 170 g/mol.